The molecule has 2 aromatic carbocycles. The Balaban J connectivity index is 1.60. The number of imide groups is 1. The lowest BCUT2D eigenvalue weighted by molar-refractivity contribution is -0.129. The number of benzene rings is 2. The first kappa shape index (κ1) is 19.7. The number of carbonyl (C=O) groups is 3. The van der Waals surface area contributed by atoms with Crippen molar-refractivity contribution >= 4 is 35.1 Å². The van der Waals surface area contributed by atoms with E-state index in [0.717, 1.165) is 10.5 Å². The maximum Gasteiger partial charge on any atom is 0.326 e. The first-order valence-corrected chi connectivity index (χ1v) is 9.13. The van der Waals surface area contributed by atoms with Gasteiger partial charge < -0.3 is 15.0 Å². The number of halogens is 1. The van der Waals surface area contributed by atoms with Gasteiger partial charge in [-0.25, -0.2) is 4.79 Å². The van der Waals surface area contributed by atoms with Crippen LogP contribution in [0.25, 0.3) is 0 Å². The van der Waals surface area contributed by atoms with E-state index in [2.05, 4.69) is 5.32 Å². The Hall–Kier alpha value is -3.06. The van der Waals surface area contributed by atoms with Crippen molar-refractivity contribution in [2.75, 3.05) is 25.5 Å². The molecule has 2 aromatic rings. The van der Waals surface area contributed by atoms with Crippen LogP contribution in [0.5, 0.6) is 5.75 Å². The molecule has 1 aliphatic rings. The molecule has 1 aliphatic heterocycles. The lowest BCUT2D eigenvalue weighted by atomic mass is 10.1. The van der Waals surface area contributed by atoms with Gasteiger partial charge >= 0.3 is 6.03 Å². The third kappa shape index (κ3) is 4.80. The molecule has 1 saturated heterocycles. The molecular formula is C20H20ClN3O4. The number of nitrogens with zero attached hydrogens (tertiary/aromatic N) is 2. The van der Waals surface area contributed by atoms with Crippen molar-refractivity contribution in [2.45, 2.75) is 13.0 Å². The fraction of sp³-hybridized carbons (Fsp3) is 0.250. The number of urea groups is 1. The van der Waals surface area contributed by atoms with Crippen LogP contribution in [0.4, 0.5) is 10.5 Å². The summed E-state index contributed by atoms with van der Waals surface area (Å²) in [5.74, 6) is 0.0160. The minimum Gasteiger partial charge on any atom is -0.483 e. The average molecular weight is 402 g/mol. The zero-order valence-electron chi connectivity index (χ0n) is 15.4. The van der Waals surface area contributed by atoms with Crippen molar-refractivity contribution in [2.24, 2.45) is 0 Å². The van der Waals surface area contributed by atoms with Gasteiger partial charge in [0.2, 0.25) is 5.91 Å². The van der Waals surface area contributed by atoms with Crippen LogP contribution in [0.2, 0.25) is 5.02 Å². The normalized spacial score (nSPS) is 14.2. The Bertz CT molecular complexity index is 885. The molecule has 0 atom stereocenters. The number of rotatable bonds is 6. The summed E-state index contributed by atoms with van der Waals surface area (Å²) < 4.78 is 5.66. The summed E-state index contributed by atoms with van der Waals surface area (Å²) in [4.78, 5) is 38.7. The van der Waals surface area contributed by atoms with Gasteiger partial charge in [0.25, 0.3) is 5.91 Å². The van der Waals surface area contributed by atoms with Gasteiger partial charge in [-0.15, -0.1) is 0 Å². The molecule has 0 bridgehead atoms. The second kappa shape index (κ2) is 8.75. The minimum atomic E-state index is -0.341. The molecule has 0 spiro atoms. The number of hydrogen-bond acceptors (Lipinski definition) is 4. The van der Waals surface area contributed by atoms with Gasteiger partial charge in [-0.2, -0.15) is 0 Å². The first-order valence-electron chi connectivity index (χ1n) is 8.75. The zero-order chi connectivity index (χ0) is 20.1. The lowest BCUT2D eigenvalue weighted by Crippen LogP contribution is -2.49. The summed E-state index contributed by atoms with van der Waals surface area (Å²) in [5.41, 5.74) is 1.38. The molecule has 1 heterocycles. The van der Waals surface area contributed by atoms with E-state index in [-0.39, 0.29) is 30.9 Å². The highest BCUT2D eigenvalue weighted by atomic mass is 35.5. The Morgan fingerprint density at radius 2 is 1.86 bits per heavy atom. The average Bonchev–Trinajstić information content (AvgIpc) is 2.69. The van der Waals surface area contributed by atoms with E-state index in [1.54, 1.807) is 41.3 Å². The quantitative estimate of drug-likeness (QED) is 0.806. The second-order valence-corrected chi connectivity index (χ2v) is 6.79. The van der Waals surface area contributed by atoms with Gasteiger partial charge in [-0.05, 0) is 30.3 Å². The van der Waals surface area contributed by atoms with Crippen LogP contribution in [0, 0.1) is 0 Å². The van der Waals surface area contributed by atoms with Crippen molar-refractivity contribution in [3.63, 3.8) is 0 Å². The van der Waals surface area contributed by atoms with E-state index in [9.17, 15) is 14.4 Å². The van der Waals surface area contributed by atoms with E-state index in [1.165, 1.54) is 7.05 Å². The van der Waals surface area contributed by atoms with E-state index in [1.807, 2.05) is 12.1 Å². The summed E-state index contributed by atoms with van der Waals surface area (Å²) in [7, 11) is 1.47. The summed E-state index contributed by atoms with van der Waals surface area (Å²) in [6.45, 7) is 0.477. The Kier molecular flexibility index (Phi) is 6.16. The Morgan fingerprint density at radius 1 is 1.14 bits per heavy atom. The van der Waals surface area contributed by atoms with Gasteiger partial charge in [0, 0.05) is 36.3 Å². The number of hydrogen-bond donors (Lipinski definition) is 1. The molecule has 0 radical (unpaired) electrons. The van der Waals surface area contributed by atoms with Crippen molar-refractivity contribution < 1.29 is 19.1 Å². The maximum atomic E-state index is 12.3. The van der Waals surface area contributed by atoms with Crippen LogP contribution < -0.4 is 10.1 Å². The summed E-state index contributed by atoms with van der Waals surface area (Å²) in [6, 6.07) is 13.6. The third-order valence-corrected chi connectivity index (χ3v) is 4.60. The van der Waals surface area contributed by atoms with Crippen LogP contribution in [0.1, 0.15) is 12.0 Å². The Morgan fingerprint density at radius 3 is 2.61 bits per heavy atom. The highest BCUT2D eigenvalue weighted by Gasteiger charge is 2.29. The fourth-order valence-corrected chi connectivity index (χ4v) is 2.94. The molecule has 0 unspecified atom stereocenters. The smallest absolute Gasteiger partial charge is 0.326 e. The van der Waals surface area contributed by atoms with Crippen LogP contribution in [-0.2, 0) is 16.1 Å². The standard InChI is InChI=1S/C20H20ClN3O4/c1-23-19(26)10-11-24(20(23)27)12-14-4-2-3-5-17(14)28-13-18(25)22-16-8-6-15(21)7-9-16/h2-9H,10-13H2,1H3,(H,22,25). The second-order valence-electron chi connectivity index (χ2n) is 6.36. The van der Waals surface area contributed by atoms with Gasteiger partial charge in [0.1, 0.15) is 5.75 Å². The molecular weight excluding hydrogens is 382 g/mol. The number of ether oxygens (including phenoxy) is 1. The summed E-state index contributed by atoms with van der Waals surface area (Å²) in [5, 5.41) is 3.31. The molecule has 7 nitrogen and oxygen atoms in total. The van der Waals surface area contributed by atoms with Gasteiger partial charge in [-0.3, -0.25) is 14.5 Å². The molecule has 0 aliphatic carbocycles. The fourth-order valence-electron chi connectivity index (χ4n) is 2.81. The molecule has 1 N–H and O–H groups in total. The molecule has 3 rings (SSSR count). The molecule has 1 fully saturated rings. The predicted octanol–water partition coefficient (Wildman–Crippen LogP) is 3.14. The highest BCUT2D eigenvalue weighted by molar-refractivity contribution is 6.30. The predicted molar refractivity (Wildman–Crippen MR) is 105 cm³/mol. The molecule has 0 saturated carbocycles. The summed E-state index contributed by atoms with van der Waals surface area (Å²) >= 11 is 5.83. The lowest BCUT2D eigenvalue weighted by Gasteiger charge is -2.32. The van der Waals surface area contributed by atoms with Crippen LogP contribution in [0.3, 0.4) is 0 Å². The van der Waals surface area contributed by atoms with Crippen molar-refractivity contribution in [3.8, 4) is 5.75 Å². The Labute approximate surface area is 167 Å². The number of amides is 4. The zero-order valence-corrected chi connectivity index (χ0v) is 16.1. The van der Waals surface area contributed by atoms with Gasteiger partial charge in [-0.1, -0.05) is 29.8 Å². The molecule has 28 heavy (non-hydrogen) atoms. The third-order valence-electron chi connectivity index (χ3n) is 4.35. The largest absolute Gasteiger partial charge is 0.483 e. The number of nitrogens with one attached hydrogen (secondary N) is 1. The summed E-state index contributed by atoms with van der Waals surface area (Å²) in [6.07, 6.45) is 0.286. The number of para-hydroxylation sites is 1. The number of carbonyl (C=O) groups excluding carboxylic acids is 3. The van der Waals surface area contributed by atoms with E-state index >= 15 is 0 Å². The maximum absolute atomic E-state index is 12.3. The first-order chi connectivity index (χ1) is 13.4. The molecule has 8 heteroatoms. The van der Waals surface area contributed by atoms with Crippen molar-refractivity contribution in [3.05, 3.63) is 59.1 Å². The topological polar surface area (TPSA) is 79.0 Å². The van der Waals surface area contributed by atoms with Gasteiger partial charge in [0.15, 0.2) is 6.61 Å². The number of anilines is 1. The van der Waals surface area contributed by atoms with E-state index in [4.69, 9.17) is 16.3 Å². The molecule has 0 aromatic heterocycles. The van der Waals surface area contributed by atoms with E-state index < -0.39 is 0 Å². The molecule has 4 amide bonds. The highest BCUT2D eigenvalue weighted by Crippen LogP contribution is 2.22. The van der Waals surface area contributed by atoms with Crippen LogP contribution >= 0.6 is 11.6 Å². The van der Waals surface area contributed by atoms with Crippen molar-refractivity contribution in [1.29, 1.82) is 0 Å². The van der Waals surface area contributed by atoms with Crippen LogP contribution in [0.15, 0.2) is 48.5 Å². The van der Waals surface area contributed by atoms with Crippen LogP contribution in [-0.4, -0.2) is 47.8 Å². The monoisotopic (exact) mass is 401 g/mol. The minimum absolute atomic E-state index is 0.175. The molecule has 146 valence electrons. The SMILES string of the molecule is CN1C(=O)CCN(Cc2ccccc2OCC(=O)Nc2ccc(Cl)cc2)C1=O. The van der Waals surface area contributed by atoms with E-state index in [0.29, 0.717) is 29.5 Å². The van der Waals surface area contributed by atoms with Crippen molar-refractivity contribution in [1.82, 2.24) is 9.80 Å². The van der Waals surface area contributed by atoms with Gasteiger partial charge in [0.05, 0.1) is 6.54 Å².